The van der Waals surface area contributed by atoms with Crippen LogP contribution in [0.4, 0.5) is 5.69 Å². The van der Waals surface area contributed by atoms with Gasteiger partial charge in [0.2, 0.25) is 0 Å². The van der Waals surface area contributed by atoms with Gasteiger partial charge >= 0.3 is 0 Å². The molecule has 0 fully saturated rings. The van der Waals surface area contributed by atoms with Crippen molar-refractivity contribution in [3.63, 3.8) is 0 Å². The van der Waals surface area contributed by atoms with Crippen molar-refractivity contribution >= 4 is 23.2 Å². The van der Waals surface area contributed by atoms with E-state index in [0.29, 0.717) is 16.8 Å². The van der Waals surface area contributed by atoms with Crippen molar-refractivity contribution in [2.75, 3.05) is 5.32 Å². The first-order valence-electron chi connectivity index (χ1n) is 12.7. The normalized spacial score (nSPS) is 11.8. The second-order valence-electron chi connectivity index (χ2n) is 10.3. The van der Waals surface area contributed by atoms with Gasteiger partial charge in [-0.2, -0.15) is 5.10 Å². The molecule has 0 unspecified atom stereocenters. The Morgan fingerprint density at radius 3 is 1.63 bits per heavy atom. The molecule has 4 aromatic carbocycles. The summed E-state index contributed by atoms with van der Waals surface area (Å²) in [5.41, 5.74) is 8.49. The van der Waals surface area contributed by atoms with Gasteiger partial charge in [-0.05, 0) is 65.4 Å². The van der Waals surface area contributed by atoms with E-state index in [9.17, 15) is 9.59 Å². The maximum atomic E-state index is 12.8. The molecule has 0 heterocycles. The van der Waals surface area contributed by atoms with E-state index in [-0.39, 0.29) is 23.1 Å². The fraction of sp³-hybridized carbons (Fsp3) is 0.182. The summed E-state index contributed by atoms with van der Waals surface area (Å²) in [4.78, 5) is 25.5. The third-order valence-electron chi connectivity index (χ3n) is 6.44. The summed E-state index contributed by atoms with van der Waals surface area (Å²) in [6.45, 7) is 8.32. The fourth-order valence-electron chi connectivity index (χ4n) is 4.26. The second kappa shape index (κ2) is 11.7. The van der Waals surface area contributed by atoms with Gasteiger partial charge in [0.1, 0.15) is 0 Å². The zero-order valence-corrected chi connectivity index (χ0v) is 22.2. The van der Waals surface area contributed by atoms with Gasteiger partial charge in [0.25, 0.3) is 11.8 Å². The van der Waals surface area contributed by atoms with E-state index in [2.05, 4.69) is 60.9 Å². The number of carbonyl (C=O) groups excluding carboxylic acids is 2. The molecule has 0 spiro atoms. The number of carbonyl (C=O) groups is 2. The predicted molar refractivity (Wildman–Crippen MR) is 155 cm³/mol. The molecule has 0 aliphatic rings. The largest absolute Gasteiger partial charge is 0.322 e. The van der Waals surface area contributed by atoms with Gasteiger partial charge in [0, 0.05) is 28.4 Å². The third kappa shape index (κ3) is 6.62. The van der Waals surface area contributed by atoms with Crippen molar-refractivity contribution in [3.8, 4) is 0 Å². The van der Waals surface area contributed by atoms with Crippen LogP contribution in [0.2, 0.25) is 0 Å². The molecule has 0 saturated heterocycles. The molecular formula is C33H33N3O2. The lowest BCUT2D eigenvalue weighted by Crippen LogP contribution is -2.22. The molecule has 0 atom stereocenters. The molecule has 4 rings (SSSR count). The topological polar surface area (TPSA) is 70.6 Å². The van der Waals surface area contributed by atoms with Crippen LogP contribution < -0.4 is 10.7 Å². The number of benzene rings is 4. The van der Waals surface area contributed by atoms with E-state index < -0.39 is 0 Å². The molecule has 5 nitrogen and oxygen atoms in total. The fourth-order valence-corrected chi connectivity index (χ4v) is 4.26. The van der Waals surface area contributed by atoms with Crippen LogP contribution in [0, 0.1) is 0 Å². The zero-order valence-electron chi connectivity index (χ0n) is 22.2. The molecule has 4 aromatic rings. The van der Waals surface area contributed by atoms with Crippen LogP contribution in [-0.4, -0.2) is 17.5 Å². The molecule has 192 valence electrons. The number of anilines is 1. The van der Waals surface area contributed by atoms with Gasteiger partial charge in [-0.1, -0.05) is 93.6 Å². The number of nitrogens with one attached hydrogen (secondary N) is 2. The van der Waals surface area contributed by atoms with E-state index in [1.54, 1.807) is 24.3 Å². The van der Waals surface area contributed by atoms with Crippen molar-refractivity contribution in [1.29, 1.82) is 0 Å². The summed E-state index contributed by atoms with van der Waals surface area (Å²) >= 11 is 0. The lowest BCUT2D eigenvalue weighted by Gasteiger charge is -2.19. The van der Waals surface area contributed by atoms with Crippen LogP contribution >= 0.6 is 0 Å². The number of hydrazone groups is 1. The number of hydrogen-bond acceptors (Lipinski definition) is 3. The SMILES string of the molecule is C/C(=N\NC(=O)c1ccc(NC(=O)c2ccc(C(C)(C)C)cc2)cc1)C(c1ccccc1)c1ccccc1. The highest BCUT2D eigenvalue weighted by Crippen LogP contribution is 2.26. The minimum atomic E-state index is -0.320. The summed E-state index contributed by atoms with van der Waals surface area (Å²) in [7, 11) is 0. The van der Waals surface area contributed by atoms with E-state index in [0.717, 1.165) is 16.8 Å². The zero-order chi connectivity index (χ0) is 27.1. The Morgan fingerprint density at radius 2 is 1.13 bits per heavy atom. The summed E-state index contributed by atoms with van der Waals surface area (Å²) in [5, 5.41) is 7.32. The summed E-state index contributed by atoms with van der Waals surface area (Å²) < 4.78 is 0. The average Bonchev–Trinajstić information content (AvgIpc) is 2.93. The van der Waals surface area contributed by atoms with Crippen LogP contribution in [0.3, 0.4) is 0 Å². The van der Waals surface area contributed by atoms with Gasteiger partial charge in [0.05, 0.1) is 0 Å². The predicted octanol–water partition coefficient (Wildman–Crippen LogP) is 7.17. The molecule has 0 saturated carbocycles. The molecule has 0 aromatic heterocycles. The van der Waals surface area contributed by atoms with Gasteiger partial charge in [0.15, 0.2) is 0 Å². The van der Waals surface area contributed by atoms with E-state index in [1.165, 1.54) is 5.56 Å². The molecule has 0 aliphatic carbocycles. The molecule has 0 radical (unpaired) electrons. The third-order valence-corrected chi connectivity index (χ3v) is 6.44. The van der Waals surface area contributed by atoms with Gasteiger partial charge < -0.3 is 5.32 Å². The smallest absolute Gasteiger partial charge is 0.271 e. The number of hydrogen-bond donors (Lipinski definition) is 2. The minimum Gasteiger partial charge on any atom is -0.322 e. The Kier molecular flexibility index (Phi) is 8.17. The van der Waals surface area contributed by atoms with Gasteiger partial charge in [-0.25, -0.2) is 5.43 Å². The lowest BCUT2D eigenvalue weighted by molar-refractivity contribution is 0.0954. The van der Waals surface area contributed by atoms with Crippen molar-refractivity contribution in [3.05, 3.63) is 137 Å². The van der Waals surface area contributed by atoms with E-state index in [4.69, 9.17) is 0 Å². The van der Waals surface area contributed by atoms with Gasteiger partial charge in [-0.15, -0.1) is 0 Å². The molecule has 0 aliphatic heterocycles. The number of rotatable bonds is 7. The number of amides is 2. The van der Waals surface area contributed by atoms with Crippen LogP contribution in [0.25, 0.3) is 0 Å². The van der Waals surface area contributed by atoms with Crippen LogP contribution in [-0.2, 0) is 5.41 Å². The van der Waals surface area contributed by atoms with E-state index in [1.807, 2.05) is 67.6 Å². The molecule has 2 amide bonds. The number of nitrogens with zero attached hydrogens (tertiary/aromatic N) is 1. The summed E-state index contributed by atoms with van der Waals surface area (Å²) in [6.07, 6.45) is 0. The van der Waals surface area contributed by atoms with Crippen molar-refractivity contribution in [2.24, 2.45) is 5.10 Å². The molecular weight excluding hydrogens is 470 g/mol. The highest BCUT2D eigenvalue weighted by molar-refractivity contribution is 6.04. The van der Waals surface area contributed by atoms with Crippen LogP contribution in [0.1, 0.15) is 71.0 Å². The highest BCUT2D eigenvalue weighted by atomic mass is 16.2. The monoisotopic (exact) mass is 503 g/mol. The van der Waals surface area contributed by atoms with E-state index >= 15 is 0 Å². The Balaban J connectivity index is 1.42. The Morgan fingerprint density at radius 1 is 0.658 bits per heavy atom. The first-order valence-corrected chi connectivity index (χ1v) is 12.7. The summed E-state index contributed by atoms with van der Waals surface area (Å²) in [6, 6.07) is 34.6. The Labute approximate surface area is 224 Å². The van der Waals surface area contributed by atoms with Crippen molar-refractivity contribution in [1.82, 2.24) is 5.43 Å². The second-order valence-corrected chi connectivity index (χ2v) is 10.3. The molecule has 38 heavy (non-hydrogen) atoms. The van der Waals surface area contributed by atoms with Crippen molar-refractivity contribution < 1.29 is 9.59 Å². The molecule has 5 heteroatoms. The van der Waals surface area contributed by atoms with Gasteiger partial charge in [-0.3, -0.25) is 9.59 Å². The van der Waals surface area contributed by atoms with Crippen molar-refractivity contribution in [2.45, 2.75) is 39.0 Å². The summed E-state index contributed by atoms with van der Waals surface area (Å²) in [5.74, 6) is -0.594. The molecule has 2 N–H and O–H groups in total. The standard InChI is InChI=1S/C33H33N3O2/c1-23(30(24-11-7-5-8-12-24)25-13-9-6-10-14-25)35-36-32(38)27-17-21-29(22-18-27)34-31(37)26-15-19-28(20-16-26)33(2,3)4/h5-22,30H,1-4H3,(H,34,37)(H,36,38)/b35-23+. The van der Waals surface area contributed by atoms with Crippen LogP contribution in [0.15, 0.2) is 114 Å². The van der Waals surface area contributed by atoms with Crippen LogP contribution in [0.5, 0.6) is 0 Å². The quantitative estimate of drug-likeness (QED) is 0.207. The lowest BCUT2D eigenvalue weighted by atomic mass is 9.87. The Bertz CT molecular complexity index is 1360. The average molecular weight is 504 g/mol. The highest BCUT2D eigenvalue weighted by Gasteiger charge is 2.18. The maximum absolute atomic E-state index is 12.8. The Hall–Kier alpha value is -4.51. The first-order chi connectivity index (χ1) is 18.2. The maximum Gasteiger partial charge on any atom is 0.271 e. The minimum absolute atomic E-state index is 0.0258. The first kappa shape index (κ1) is 26.6. The molecule has 0 bridgehead atoms.